The average Bonchev–Trinajstić information content (AvgIpc) is 3.60. The minimum absolute atomic E-state index is 0.124. The summed E-state index contributed by atoms with van der Waals surface area (Å²) in [7, 11) is -2.52. The maximum atomic E-state index is 14.3. The maximum absolute atomic E-state index is 14.3. The number of aromatic nitrogens is 2. The van der Waals surface area contributed by atoms with Crippen LogP contribution in [0.3, 0.4) is 0 Å². The van der Waals surface area contributed by atoms with Crippen LogP contribution in [0.15, 0.2) is 155 Å². The Morgan fingerprint density at radius 1 is 0.780 bits per heavy atom. The first kappa shape index (κ1) is 39.1. The Hall–Kier alpha value is -6.77. The van der Waals surface area contributed by atoms with E-state index in [1.165, 1.54) is 36.4 Å². The number of hydrogen-bond acceptors (Lipinski definition) is 8. The Morgan fingerprint density at radius 3 is 1.88 bits per heavy atom. The number of halogens is 2. The molecule has 2 heterocycles. The van der Waals surface area contributed by atoms with Crippen molar-refractivity contribution in [2.24, 2.45) is 0 Å². The van der Waals surface area contributed by atoms with Crippen molar-refractivity contribution < 1.29 is 31.7 Å². The topological polar surface area (TPSA) is 137 Å². The van der Waals surface area contributed by atoms with Crippen LogP contribution in [-0.4, -0.2) is 60.2 Å². The zero-order chi connectivity index (χ0) is 41.3. The van der Waals surface area contributed by atoms with Crippen molar-refractivity contribution in [2.45, 2.75) is 34.3 Å². The van der Waals surface area contributed by atoms with Crippen molar-refractivity contribution >= 4 is 38.2 Å². The van der Waals surface area contributed by atoms with Crippen LogP contribution >= 0.6 is 0 Å². The third-order valence-corrected chi connectivity index (χ3v) is 12.3. The number of nitrogens with zero attached hydrogens (tertiary/aromatic N) is 4. The lowest BCUT2D eigenvalue weighted by atomic mass is 9.77. The van der Waals surface area contributed by atoms with Crippen LogP contribution in [0.1, 0.15) is 39.9 Å². The Kier molecular flexibility index (Phi) is 10.5. The number of rotatable bonds is 11. The highest BCUT2D eigenvalue weighted by molar-refractivity contribution is 7.91. The highest BCUT2D eigenvalue weighted by atomic mass is 32.2. The second-order valence-electron chi connectivity index (χ2n) is 14.4. The van der Waals surface area contributed by atoms with Crippen molar-refractivity contribution in [3.05, 3.63) is 190 Å². The van der Waals surface area contributed by atoms with Crippen molar-refractivity contribution in [2.75, 3.05) is 25.5 Å². The molecule has 0 atom stereocenters. The fraction of sp³-hybridized carbons (Fsp3) is 0.156. The summed E-state index contributed by atoms with van der Waals surface area (Å²) < 4.78 is 64.4. The molecular weight excluding hydrogens is 777 g/mol. The Balaban J connectivity index is 1.33. The lowest BCUT2D eigenvalue weighted by molar-refractivity contribution is -0.385. The molecule has 0 saturated carbocycles. The van der Waals surface area contributed by atoms with E-state index in [1.54, 1.807) is 4.68 Å². The smallest absolute Gasteiger partial charge is 0.285 e. The molecule has 298 valence electrons. The van der Waals surface area contributed by atoms with E-state index in [9.17, 15) is 32.1 Å². The van der Waals surface area contributed by atoms with E-state index in [-0.39, 0.29) is 33.5 Å². The van der Waals surface area contributed by atoms with Gasteiger partial charge in [0.15, 0.2) is 5.82 Å². The minimum atomic E-state index is -4.53. The van der Waals surface area contributed by atoms with Gasteiger partial charge in [0.1, 0.15) is 34.6 Å². The number of anilines is 1. The highest BCUT2D eigenvalue weighted by Gasteiger charge is 2.41. The van der Waals surface area contributed by atoms with E-state index >= 15 is 0 Å². The fourth-order valence-corrected chi connectivity index (χ4v) is 9.06. The lowest BCUT2D eigenvalue weighted by Crippen LogP contribution is -2.38. The van der Waals surface area contributed by atoms with Gasteiger partial charge in [-0.1, -0.05) is 91.0 Å². The molecule has 1 aliphatic rings. The predicted octanol–water partition coefficient (Wildman–Crippen LogP) is 8.62. The van der Waals surface area contributed by atoms with Crippen LogP contribution in [0.4, 0.5) is 20.3 Å². The third-order valence-electron chi connectivity index (χ3n) is 10.6. The van der Waals surface area contributed by atoms with Gasteiger partial charge in [-0.25, -0.2) is 21.9 Å². The maximum Gasteiger partial charge on any atom is 0.285 e. The van der Waals surface area contributed by atoms with Crippen LogP contribution in [0.2, 0.25) is 0 Å². The average molecular weight is 814 g/mol. The molecule has 1 saturated heterocycles. The van der Waals surface area contributed by atoms with Gasteiger partial charge in [0, 0.05) is 24.5 Å². The summed E-state index contributed by atoms with van der Waals surface area (Å²) in [5.74, 6) is -2.92. The second kappa shape index (κ2) is 15.9. The number of fused-ring (bicyclic) bond motifs is 1. The number of benzene rings is 6. The molecular formula is C45H37F2N5O6S. The van der Waals surface area contributed by atoms with Gasteiger partial charge in [0.05, 0.1) is 26.3 Å². The van der Waals surface area contributed by atoms with Crippen molar-refractivity contribution in [3.63, 3.8) is 0 Å². The number of nitro benzene ring substituents is 1. The van der Waals surface area contributed by atoms with Crippen molar-refractivity contribution in [1.82, 2.24) is 14.7 Å². The molecule has 0 unspecified atom stereocenters. The molecule has 0 aliphatic carbocycles. The van der Waals surface area contributed by atoms with Gasteiger partial charge in [-0.15, -0.1) is 0 Å². The molecule has 1 N–H and O–H groups in total. The molecule has 0 spiro atoms. The SMILES string of the molecule is CN1CCC(Oc2ccc(C(=O)Nc3nn(C(c4ccccc4)(c4ccccc4)c4ccccc4)c4ccc(S(=O)(=O)c5cc(F)cc(F)c5)cc34)c([N+](=O)[O-])c2)CC1. The number of amides is 1. The third kappa shape index (κ3) is 7.43. The van der Waals surface area contributed by atoms with E-state index in [4.69, 9.17) is 9.84 Å². The standard InChI is InChI=1S/C45H37F2N5O6S/c1-50-23-21-35(22-24-50)58-36-17-19-39(42(28-36)52(54)55)44(53)48-43-40-29-37(59(56,57)38-26-33(46)25-34(47)27-38)18-20-41(40)51(49-43)45(30-11-5-2-6-12-30,31-13-7-3-8-14-31)32-15-9-4-10-16-32/h2-20,25-29,35H,21-24H2,1H3,(H,48,49,53). The molecule has 7 aromatic rings. The number of sulfone groups is 1. The summed E-state index contributed by atoms with van der Waals surface area (Å²) >= 11 is 0. The van der Waals surface area contributed by atoms with E-state index in [0.717, 1.165) is 54.8 Å². The quantitative estimate of drug-likeness (QED) is 0.0779. The first-order chi connectivity index (χ1) is 28.4. The van der Waals surface area contributed by atoms with Crippen LogP contribution in [0.25, 0.3) is 10.9 Å². The van der Waals surface area contributed by atoms with E-state index in [0.29, 0.717) is 11.6 Å². The minimum Gasteiger partial charge on any atom is -0.490 e. The number of nitrogens with one attached hydrogen (secondary N) is 1. The summed E-state index contributed by atoms with van der Waals surface area (Å²) in [6.07, 6.45) is 1.34. The lowest BCUT2D eigenvalue weighted by Gasteiger charge is -2.37. The van der Waals surface area contributed by atoms with Gasteiger partial charge in [-0.2, -0.15) is 5.10 Å². The van der Waals surface area contributed by atoms with Gasteiger partial charge >= 0.3 is 0 Å². The van der Waals surface area contributed by atoms with Gasteiger partial charge in [0.25, 0.3) is 11.6 Å². The molecule has 1 amide bonds. The van der Waals surface area contributed by atoms with Gasteiger partial charge in [-0.3, -0.25) is 14.9 Å². The number of carbonyl (C=O) groups excluding carboxylic acids is 1. The second-order valence-corrected chi connectivity index (χ2v) is 16.3. The number of likely N-dealkylation sites (tertiary alicyclic amines) is 1. The van der Waals surface area contributed by atoms with E-state index in [2.05, 4.69) is 10.2 Å². The summed E-state index contributed by atoms with van der Waals surface area (Å²) in [6.45, 7) is 1.63. The fourth-order valence-electron chi connectivity index (χ4n) is 7.74. The van der Waals surface area contributed by atoms with E-state index < -0.39 is 48.4 Å². The molecule has 1 aliphatic heterocycles. The molecule has 14 heteroatoms. The first-order valence-corrected chi connectivity index (χ1v) is 20.3. The Labute approximate surface area is 338 Å². The molecule has 1 aromatic heterocycles. The summed E-state index contributed by atoms with van der Waals surface area (Å²) in [5.41, 5.74) is 0.633. The van der Waals surface area contributed by atoms with Crippen LogP contribution in [-0.2, 0) is 15.4 Å². The van der Waals surface area contributed by atoms with Crippen LogP contribution in [0, 0.1) is 21.7 Å². The van der Waals surface area contributed by atoms with Crippen LogP contribution in [0.5, 0.6) is 5.75 Å². The molecule has 1 fully saturated rings. The highest BCUT2D eigenvalue weighted by Crippen LogP contribution is 2.44. The van der Waals surface area contributed by atoms with Gasteiger partial charge in [-0.05, 0) is 79.0 Å². The predicted molar refractivity (Wildman–Crippen MR) is 218 cm³/mol. The summed E-state index contributed by atoms with van der Waals surface area (Å²) in [6, 6.07) is 38.7. The molecule has 8 rings (SSSR count). The molecule has 59 heavy (non-hydrogen) atoms. The van der Waals surface area contributed by atoms with Crippen LogP contribution < -0.4 is 10.1 Å². The first-order valence-electron chi connectivity index (χ1n) is 18.8. The zero-order valence-corrected chi connectivity index (χ0v) is 32.5. The number of piperidine rings is 1. The Bertz CT molecular complexity index is 2680. The number of nitro groups is 1. The number of ether oxygens (including phenoxy) is 1. The molecule has 0 bridgehead atoms. The monoisotopic (exact) mass is 813 g/mol. The summed E-state index contributed by atoms with van der Waals surface area (Å²) in [4.78, 5) is 27.3. The van der Waals surface area contributed by atoms with Gasteiger partial charge < -0.3 is 15.0 Å². The zero-order valence-electron chi connectivity index (χ0n) is 31.7. The van der Waals surface area contributed by atoms with Crippen molar-refractivity contribution in [3.8, 4) is 5.75 Å². The Morgan fingerprint density at radius 2 is 1.34 bits per heavy atom. The normalized spacial score (nSPS) is 13.9. The largest absolute Gasteiger partial charge is 0.490 e. The summed E-state index contributed by atoms with van der Waals surface area (Å²) in [5, 5.41) is 20.4. The van der Waals surface area contributed by atoms with E-state index in [1.807, 2.05) is 98.0 Å². The van der Waals surface area contributed by atoms with Crippen molar-refractivity contribution in [1.29, 1.82) is 0 Å². The number of hydrogen-bond donors (Lipinski definition) is 1. The molecule has 6 aromatic carbocycles. The molecule has 0 radical (unpaired) electrons. The molecule has 11 nitrogen and oxygen atoms in total. The van der Waals surface area contributed by atoms with Gasteiger partial charge in [0.2, 0.25) is 9.84 Å². The number of carbonyl (C=O) groups is 1.